The van der Waals surface area contributed by atoms with Crippen LogP contribution in [0.5, 0.6) is 0 Å². The van der Waals surface area contributed by atoms with Crippen molar-refractivity contribution in [2.24, 2.45) is 11.8 Å². The highest BCUT2D eigenvalue weighted by molar-refractivity contribution is 5.81. The van der Waals surface area contributed by atoms with Crippen LogP contribution >= 0.6 is 0 Å². The van der Waals surface area contributed by atoms with Crippen LogP contribution in [-0.4, -0.2) is 22.5 Å². The van der Waals surface area contributed by atoms with E-state index in [4.69, 9.17) is 5.11 Å². The van der Waals surface area contributed by atoms with Crippen molar-refractivity contribution >= 4 is 11.9 Å². The standard InChI is InChI=1S/C14H23NO3/c1-10-5-4-6-11(10)13(18)15-14(9-12(16)17)7-2-3-8-14/h10-11H,2-9H2,1H3,(H,15,18)(H,16,17). The summed E-state index contributed by atoms with van der Waals surface area (Å²) in [6.45, 7) is 2.12. The van der Waals surface area contributed by atoms with Crippen LogP contribution in [0.4, 0.5) is 0 Å². The third-order valence-corrected chi connectivity index (χ3v) is 4.64. The fraction of sp³-hybridized carbons (Fsp3) is 0.857. The largest absolute Gasteiger partial charge is 0.481 e. The molecule has 102 valence electrons. The first kappa shape index (κ1) is 13.4. The Morgan fingerprint density at radius 1 is 1.22 bits per heavy atom. The number of nitrogens with one attached hydrogen (secondary N) is 1. The number of aliphatic carboxylic acids is 1. The van der Waals surface area contributed by atoms with Gasteiger partial charge in [-0.2, -0.15) is 0 Å². The van der Waals surface area contributed by atoms with Crippen molar-refractivity contribution in [1.29, 1.82) is 0 Å². The van der Waals surface area contributed by atoms with E-state index in [1.807, 2.05) is 0 Å². The summed E-state index contributed by atoms with van der Waals surface area (Å²) in [5.74, 6) is -0.190. The monoisotopic (exact) mass is 253 g/mol. The van der Waals surface area contributed by atoms with Crippen molar-refractivity contribution in [2.45, 2.75) is 63.8 Å². The molecule has 0 radical (unpaired) electrons. The summed E-state index contributed by atoms with van der Waals surface area (Å²) in [5, 5.41) is 12.1. The molecule has 2 rings (SSSR count). The van der Waals surface area contributed by atoms with Gasteiger partial charge in [0, 0.05) is 5.92 Å². The van der Waals surface area contributed by atoms with Gasteiger partial charge in [-0.25, -0.2) is 0 Å². The molecule has 2 saturated carbocycles. The van der Waals surface area contributed by atoms with Crippen molar-refractivity contribution in [2.75, 3.05) is 0 Å². The highest BCUT2D eigenvalue weighted by atomic mass is 16.4. The fourth-order valence-electron chi connectivity index (χ4n) is 3.58. The van der Waals surface area contributed by atoms with Crippen LogP contribution in [0.25, 0.3) is 0 Å². The van der Waals surface area contributed by atoms with Gasteiger partial charge in [0.2, 0.25) is 5.91 Å². The Bertz CT molecular complexity index is 334. The Balaban J connectivity index is 2.00. The van der Waals surface area contributed by atoms with E-state index < -0.39 is 11.5 Å². The highest BCUT2D eigenvalue weighted by Gasteiger charge is 2.40. The molecule has 0 bridgehead atoms. The third-order valence-electron chi connectivity index (χ3n) is 4.64. The lowest BCUT2D eigenvalue weighted by molar-refractivity contribution is -0.139. The quantitative estimate of drug-likeness (QED) is 0.808. The van der Waals surface area contributed by atoms with Crippen LogP contribution in [-0.2, 0) is 9.59 Å². The molecule has 2 N–H and O–H groups in total. The molecule has 18 heavy (non-hydrogen) atoms. The second kappa shape index (κ2) is 5.29. The van der Waals surface area contributed by atoms with Crippen molar-refractivity contribution in [3.8, 4) is 0 Å². The zero-order chi connectivity index (χ0) is 13.2. The number of carbonyl (C=O) groups excluding carboxylic acids is 1. The van der Waals surface area contributed by atoms with Gasteiger partial charge in [-0.1, -0.05) is 26.2 Å². The molecule has 0 aromatic heterocycles. The molecule has 2 fully saturated rings. The lowest BCUT2D eigenvalue weighted by Crippen LogP contribution is -2.50. The summed E-state index contributed by atoms with van der Waals surface area (Å²) >= 11 is 0. The summed E-state index contributed by atoms with van der Waals surface area (Å²) in [6, 6.07) is 0. The molecule has 2 aliphatic rings. The van der Waals surface area contributed by atoms with Gasteiger partial charge in [-0.15, -0.1) is 0 Å². The summed E-state index contributed by atoms with van der Waals surface area (Å²) in [7, 11) is 0. The Kier molecular flexibility index (Phi) is 3.93. The minimum absolute atomic E-state index is 0.0693. The first-order chi connectivity index (χ1) is 8.52. The Morgan fingerprint density at radius 3 is 2.39 bits per heavy atom. The predicted octanol–water partition coefficient (Wildman–Crippen LogP) is 2.33. The highest BCUT2D eigenvalue weighted by Crippen LogP contribution is 2.36. The molecule has 2 aliphatic carbocycles. The summed E-state index contributed by atoms with van der Waals surface area (Å²) < 4.78 is 0. The maximum Gasteiger partial charge on any atom is 0.305 e. The van der Waals surface area contributed by atoms with Crippen molar-refractivity contribution in [3.05, 3.63) is 0 Å². The van der Waals surface area contributed by atoms with Crippen LogP contribution in [0.15, 0.2) is 0 Å². The molecule has 0 saturated heterocycles. The summed E-state index contributed by atoms with van der Waals surface area (Å²) in [4.78, 5) is 23.3. The number of carbonyl (C=O) groups is 2. The maximum atomic E-state index is 12.3. The first-order valence-electron chi connectivity index (χ1n) is 7.06. The molecule has 0 aliphatic heterocycles. The zero-order valence-corrected chi connectivity index (χ0v) is 11.1. The Morgan fingerprint density at radius 2 is 1.89 bits per heavy atom. The lowest BCUT2D eigenvalue weighted by atomic mass is 9.90. The molecule has 1 amide bonds. The van der Waals surface area contributed by atoms with Crippen molar-refractivity contribution in [1.82, 2.24) is 5.32 Å². The SMILES string of the molecule is CC1CCCC1C(=O)NC1(CC(=O)O)CCCC1. The van der Waals surface area contributed by atoms with Gasteiger partial charge in [0.1, 0.15) is 0 Å². The van der Waals surface area contributed by atoms with Crippen LogP contribution in [0, 0.1) is 11.8 Å². The predicted molar refractivity (Wildman–Crippen MR) is 68.1 cm³/mol. The average Bonchev–Trinajstić information content (AvgIpc) is 2.86. The second-order valence-electron chi connectivity index (χ2n) is 6.06. The Labute approximate surface area is 108 Å². The molecule has 0 aromatic rings. The average molecular weight is 253 g/mol. The van der Waals surface area contributed by atoms with E-state index in [-0.39, 0.29) is 18.2 Å². The Hall–Kier alpha value is -1.06. The molecular weight excluding hydrogens is 230 g/mol. The molecule has 4 heteroatoms. The van der Waals surface area contributed by atoms with Crippen LogP contribution in [0.3, 0.4) is 0 Å². The number of rotatable bonds is 4. The minimum Gasteiger partial charge on any atom is -0.481 e. The van der Waals surface area contributed by atoms with Gasteiger partial charge in [0.25, 0.3) is 0 Å². The number of carboxylic acid groups (broad SMARTS) is 1. The molecule has 0 aromatic carbocycles. The summed E-state index contributed by atoms with van der Waals surface area (Å²) in [6.07, 6.45) is 6.92. The zero-order valence-electron chi connectivity index (χ0n) is 11.1. The van der Waals surface area contributed by atoms with Gasteiger partial charge in [-0.3, -0.25) is 9.59 Å². The molecule has 2 unspecified atom stereocenters. The topological polar surface area (TPSA) is 66.4 Å². The van der Waals surface area contributed by atoms with Crippen molar-refractivity contribution in [3.63, 3.8) is 0 Å². The summed E-state index contributed by atoms with van der Waals surface area (Å²) in [5.41, 5.74) is -0.467. The third kappa shape index (κ3) is 2.85. The van der Waals surface area contributed by atoms with Gasteiger partial charge >= 0.3 is 5.97 Å². The van der Waals surface area contributed by atoms with Gasteiger partial charge in [0.05, 0.1) is 12.0 Å². The van der Waals surface area contributed by atoms with E-state index in [9.17, 15) is 9.59 Å². The van der Waals surface area contributed by atoms with Crippen LogP contribution < -0.4 is 5.32 Å². The second-order valence-corrected chi connectivity index (χ2v) is 6.06. The molecule has 2 atom stereocenters. The number of amides is 1. The first-order valence-corrected chi connectivity index (χ1v) is 7.06. The van der Waals surface area contributed by atoms with E-state index in [0.717, 1.165) is 44.9 Å². The maximum absolute atomic E-state index is 12.3. The lowest BCUT2D eigenvalue weighted by Gasteiger charge is -2.31. The van der Waals surface area contributed by atoms with E-state index in [1.165, 1.54) is 0 Å². The van der Waals surface area contributed by atoms with E-state index in [1.54, 1.807) is 0 Å². The fourth-order valence-corrected chi connectivity index (χ4v) is 3.58. The van der Waals surface area contributed by atoms with Gasteiger partial charge in [0.15, 0.2) is 0 Å². The minimum atomic E-state index is -0.809. The van der Waals surface area contributed by atoms with Crippen LogP contribution in [0.2, 0.25) is 0 Å². The molecule has 0 heterocycles. The molecule has 4 nitrogen and oxygen atoms in total. The number of carboxylic acids is 1. The smallest absolute Gasteiger partial charge is 0.305 e. The molecular formula is C14H23NO3. The number of hydrogen-bond donors (Lipinski definition) is 2. The van der Waals surface area contributed by atoms with Gasteiger partial charge < -0.3 is 10.4 Å². The normalized spacial score (nSPS) is 30.3. The van der Waals surface area contributed by atoms with E-state index >= 15 is 0 Å². The number of hydrogen-bond acceptors (Lipinski definition) is 2. The molecule has 0 spiro atoms. The van der Waals surface area contributed by atoms with Crippen molar-refractivity contribution < 1.29 is 14.7 Å². The van der Waals surface area contributed by atoms with Crippen LogP contribution in [0.1, 0.15) is 58.3 Å². The van der Waals surface area contributed by atoms with E-state index in [0.29, 0.717) is 5.92 Å². The van der Waals surface area contributed by atoms with Gasteiger partial charge in [-0.05, 0) is 31.6 Å². The van der Waals surface area contributed by atoms with E-state index in [2.05, 4.69) is 12.2 Å².